The lowest BCUT2D eigenvalue weighted by Crippen LogP contribution is -2.48. The molecular formula is C20H18F3N3O2. The molecule has 0 aliphatic carbocycles. The molecule has 0 unspecified atom stereocenters. The van der Waals surface area contributed by atoms with E-state index in [-0.39, 0.29) is 12.1 Å². The van der Waals surface area contributed by atoms with Crippen LogP contribution in [0.5, 0.6) is 0 Å². The summed E-state index contributed by atoms with van der Waals surface area (Å²) in [4.78, 5) is 29.5. The minimum Gasteiger partial charge on any atom is -0.364 e. The zero-order valence-electron chi connectivity index (χ0n) is 15.2. The van der Waals surface area contributed by atoms with Gasteiger partial charge in [0.1, 0.15) is 11.2 Å². The van der Waals surface area contributed by atoms with E-state index in [4.69, 9.17) is 12.2 Å². The Labute approximate surface area is 160 Å². The second-order valence-corrected chi connectivity index (χ2v) is 6.57. The summed E-state index contributed by atoms with van der Waals surface area (Å²) in [6.45, 7) is 3.25. The predicted octanol–water partition coefficient (Wildman–Crippen LogP) is 3.19. The molecule has 0 aliphatic rings. The molecule has 2 amide bonds. The first-order valence-electron chi connectivity index (χ1n) is 8.18. The van der Waals surface area contributed by atoms with Gasteiger partial charge in [0.05, 0.1) is 12.0 Å². The smallest absolute Gasteiger partial charge is 0.364 e. The van der Waals surface area contributed by atoms with Gasteiger partial charge in [0.25, 0.3) is 5.91 Å². The van der Waals surface area contributed by atoms with Crippen LogP contribution in [-0.2, 0) is 17.4 Å². The van der Waals surface area contributed by atoms with Gasteiger partial charge in [0.2, 0.25) is 5.91 Å². The van der Waals surface area contributed by atoms with Crippen LogP contribution in [0.25, 0.3) is 0 Å². The van der Waals surface area contributed by atoms with Gasteiger partial charge in [-0.3, -0.25) is 19.5 Å². The van der Waals surface area contributed by atoms with Crippen molar-refractivity contribution in [1.82, 2.24) is 4.98 Å². The van der Waals surface area contributed by atoms with E-state index in [0.717, 1.165) is 12.1 Å². The van der Waals surface area contributed by atoms with E-state index < -0.39 is 29.1 Å². The Morgan fingerprint density at radius 2 is 1.79 bits per heavy atom. The summed E-state index contributed by atoms with van der Waals surface area (Å²) in [5.41, 5.74) is 4.02. The van der Waals surface area contributed by atoms with Crippen LogP contribution >= 0.6 is 0 Å². The number of halogens is 3. The third kappa shape index (κ3) is 4.68. The number of alkyl halides is 3. The number of hydrogen-bond acceptors (Lipinski definition) is 3. The third-order valence-corrected chi connectivity index (χ3v) is 4.05. The van der Waals surface area contributed by atoms with Gasteiger partial charge >= 0.3 is 6.18 Å². The zero-order chi connectivity index (χ0) is 21.1. The molecule has 2 rings (SSSR count). The number of nitrogens with zero attached hydrogens (tertiary/aromatic N) is 2. The first-order chi connectivity index (χ1) is 13.0. The molecule has 0 bridgehead atoms. The maximum atomic E-state index is 13.0. The highest BCUT2D eigenvalue weighted by atomic mass is 19.4. The van der Waals surface area contributed by atoms with E-state index in [9.17, 15) is 22.8 Å². The highest BCUT2D eigenvalue weighted by molar-refractivity contribution is 5.98. The second-order valence-electron chi connectivity index (χ2n) is 6.57. The van der Waals surface area contributed by atoms with Crippen LogP contribution in [0.4, 0.5) is 18.9 Å². The first-order valence-corrected chi connectivity index (χ1v) is 8.18. The highest BCUT2D eigenvalue weighted by Crippen LogP contribution is 2.30. The lowest BCUT2D eigenvalue weighted by atomic mass is 10.0. The Bertz CT molecular complexity index is 929. The topological polar surface area (TPSA) is 76.3 Å². The normalized spacial score (nSPS) is 11.6. The van der Waals surface area contributed by atoms with E-state index in [1.54, 1.807) is 13.8 Å². The number of pyridine rings is 1. The molecule has 2 N–H and O–H groups in total. The quantitative estimate of drug-likeness (QED) is 0.798. The lowest BCUT2D eigenvalue weighted by Gasteiger charge is -2.35. The van der Waals surface area contributed by atoms with Crippen LogP contribution < -0.4 is 10.6 Å². The molecule has 2 aromatic rings. The van der Waals surface area contributed by atoms with Crippen LogP contribution in [0.3, 0.4) is 0 Å². The average Bonchev–Trinajstić information content (AvgIpc) is 2.61. The molecule has 5 nitrogen and oxygen atoms in total. The molecule has 28 heavy (non-hydrogen) atoms. The Hall–Kier alpha value is -3.34. The number of nitrogens with two attached hydrogens (primary N) is 1. The molecule has 0 spiro atoms. The van der Waals surface area contributed by atoms with Crippen molar-refractivity contribution in [1.29, 1.82) is 0 Å². The summed E-state index contributed by atoms with van der Waals surface area (Å²) in [7, 11) is 0. The molecular weight excluding hydrogens is 371 g/mol. The van der Waals surface area contributed by atoms with Crippen molar-refractivity contribution < 1.29 is 22.8 Å². The van der Waals surface area contributed by atoms with Crippen molar-refractivity contribution in [3.63, 3.8) is 0 Å². The number of aromatic nitrogens is 1. The van der Waals surface area contributed by atoms with Gasteiger partial charge in [-0.2, -0.15) is 13.2 Å². The molecule has 146 valence electrons. The summed E-state index contributed by atoms with van der Waals surface area (Å²) < 4.78 is 38.1. The SMILES string of the molecule is C#CC(C)(C)N(C(=O)Cc1ccc(C(F)(F)F)cc1)c1ccnc(C(N)=O)c1. The van der Waals surface area contributed by atoms with Gasteiger partial charge in [-0.05, 0) is 43.7 Å². The third-order valence-electron chi connectivity index (χ3n) is 4.05. The van der Waals surface area contributed by atoms with Gasteiger partial charge in [0.15, 0.2) is 0 Å². The van der Waals surface area contributed by atoms with Crippen LogP contribution in [0.2, 0.25) is 0 Å². The second kappa shape index (κ2) is 7.72. The number of amides is 2. The van der Waals surface area contributed by atoms with Crippen molar-refractivity contribution in [3.05, 3.63) is 59.4 Å². The van der Waals surface area contributed by atoms with E-state index >= 15 is 0 Å². The van der Waals surface area contributed by atoms with Crippen molar-refractivity contribution in [3.8, 4) is 12.3 Å². The van der Waals surface area contributed by atoms with Crippen LogP contribution in [0, 0.1) is 12.3 Å². The zero-order valence-corrected chi connectivity index (χ0v) is 15.2. The van der Waals surface area contributed by atoms with Crippen LogP contribution in [0.1, 0.15) is 35.5 Å². The number of benzene rings is 1. The van der Waals surface area contributed by atoms with E-state index in [1.165, 1.54) is 35.4 Å². The van der Waals surface area contributed by atoms with Crippen molar-refractivity contribution in [2.24, 2.45) is 5.73 Å². The average molecular weight is 389 g/mol. The number of hydrogen-bond donors (Lipinski definition) is 1. The Morgan fingerprint density at radius 3 is 2.29 bits per heavy atom. The molecule has 0 radical (unpaired) electrons. The molecule has 0 atom stereocenters. The molecule has 0 fully saturated rings. The number of carbonyl (C=O) groups excluding carboxylic acids is 2. The minimum atomic E-state index is -4.46. The fourth-order valence-electron chi connectivity index (χ4n) is 2.60. The minimum absolute atomic E-state index is 0.0438. The van der Waals surface area contributed by atoms with E-state index in [0.29, 0.717) is 11.3 Å². The fourth-order valence-corrected chi connectivity index (χ4v) is 2.60. The summed E-state index contributed by atoms with van der Waals surface area (Å²) in [5, 5.41) is 0. The van der Waals surface area contributed by atoms with Crippen molar-refractivity contribution >= 4 is 17.5 Å². The summed E-state index contributed by atoms with van der Waals surface area (Å²) in [6.07, 6.45) is 2.25. The molecule has 1 aromatic heterocycles. The molecule has 8 heteroatoms. The molecule has 1 heterocycles. The number of primary amides is 1. The maximum absolute atomic E-state index is 13.0. The number of terminal acetylenes is 1. The molecule has 0 aliphatic heterocycles. The molecule has 1 aromatic carbocycles. The van der Waals surface area contributed by atoms with Crippen molar-refractivity contribution in [2.75, 3.05) is 4.90 Å². The van der Waals surface area contributed by atoms with Gasteiger partial charge < -0.3 is 5.73 Å². The van der Waals surface area contributed by atoms with Crippen molar-refractivity contribution in [2.45, 2.75) is 32.0 Å². The molecule has 0 saturated heterocycles. The lowest BCUT2D eigenvalue weighted by molar-refractivity contribution is -0.137. The van der Waals surface area contributed by atoms with Gasteiger partial charge in [0, 0.05) is 11.9 Å². The van der Waals surface area contributed by atoms with Crippen LogP contribution in [-0.4, -0.2) is 22.3 Å². The Kier molecular flexibility index (Phi) is 5.78. The fraction of sp³-hybridized carbons (Fsp3) is 0.250. The number of anilines is 1. The Morgan fingerprint density at radius 1 is 1.18 bits per heavy atom. The molecule has 0 saturated carbocycles. The largest absolute Gasteiger partial charge is 0.416 e. The predicted molar refractivity (Wildman–Crippen MR) is 98.3 cm³/mol. The summed E-state index contributed by atoms with van der Waals surface area (Å²) in [6, 6.07) is 7.14. The van der Waals surface area contributed by atoms with Gasteiger partial charge in [-0.15, -0.1) is 6.42 Å². The van der Waals surface area contributed by atoms with E-state index in [1.807, 2.05) is 0 Å². The summed E-state index contributed by atoms with van der Waals surface area (Å²) >= 11 is 0. The maximum Gasteiger partial charge on any atom is 0.416 e. The first kappa shape index (κ1) is 21.0. The highest BCUT2D eigenvalue weighted by Gasteiger charge is 2.32. The Balaban J connectivity index is 2.37. The monoisotopic (exact) mass is 389 g/mol. The standard InChI is InChI=1S/C20H18F3N3O2/c1-4-19(2,3)26(15-9-10-25-16(12-15)18(24)28)17(27)11-13-5-7-14(8-6-13)20(21,22)23/h1,5-10,12H,11H2,2-3H3,(H2,24,28). The van der Waals surface area contributed by atoms with Gasteiger partial charge in [-0.1, -0.05) is 18.1 Å². The van der Waals surface area contributed by atoms with Gasteiger partial charge in [-0.25, -0.2) is 0 Å². The number of carbonyl (C=O) groups is 2. The summed E-state index contributed by atoms with van der Waals surface area (Å²) in [5.74, 6) is 1.28. The van der Waals surface area contributed by atoms with Crippen LogP contribution in [0.15, 0.2) is 42.6 Å². The van der Waals surface area contributed by atoms with E-state index in [2.05, 4.69) is 10.9 Å². The number of rotatable bonds is 5.